The van der Waals surface area contributed by atoms with Crippen molar-refractivity contribution < 1.29 is 18.0 Å². The molecule has 26 heavy (non-hydrogen) atoms. The molecule has 3 aromatic rings. The van der Waals surface area contributed by atoms with Crippen LogP contribution in [0.15, 0.2) is 42.7 Å². The fourth-order valence-electron chi connectivity index (χ4n) is 3.19. The number of carbonyl (C=O) groups excluding carboxylic acids is 1. The van der Waals surface area contributed by atoms with Crippen molar-refractivity contribution in [3.05, 3.63) is 76.9 Å². The van der Waals surface area contributed by atoms with Crippen LogP contribution in [-0.2, 0) is 20.1 Å². The van der Waals surface area contributed by atoms with Crippen LogP contribution in [0.2, 0.25) is 0 Å². The van der Waals surface area contributed by atoms with E-state index in [0.717, 1.165) is 11.6 Å². The zero-order valence-electron chi connectivity index (χ0n) is 13.8. The maximum atomic E-state index is 14.5. The molecule has 2 heterocycles. The lowest BCUT2D eigenvalue weighted by atomic mass is 10.1. The van der Waals surface area contributed by atoms with E-state index in [1.807, 2.05) is 0 Å². The number of benzene rings is 2. The highest BCUT2D eigenvalue weighted by molar-refractivity contribution is 5.98. The second-order valence-electron chi connectivity index (χ2n) is 6.29. The Morgan fingerprint density at radius 3 is 2.58 bits per heavy atom. The summed E-state index contributed by atoms with van der Waals surface area (Å²) in [4.78, 5) is 13.7. The summed E-state index contributed by atoms with van der Waals surface area (Å²) < 4.78 is 43.3. The van der Waals surface area contributed by atoms with Crippen LogP contribution in [-0.4, -0.2) is 20.6 Å². The second kappa shape index (κ2) is 6.01. The quantitative estimate of drug-likeness (QED) is 0.718. The molecule has 1 aliphatic heterocycles. The Labute approximate surface area is 147 Å². The Bertz CT molecular complexity index is 1030. The molecule has 0 unspecified atom stereocenters. The van der Waals surface area contributed by atoms with Gasteiger partial charge in [0.1, 0.15) is 17.5 Å². The normalized spacial score (nSPS) is 13.4. The fourth-order valence-corrected chi connectivity index (χ4v) is 3.19. The van der Waals surface area contributed by atoms with Gasteiger partial charge in [-0.15, -0.1) is 0 Å². The highest BCUT2D eigenvalue weighted by Crippen LogP contribution is 2.29. The molecule has 0 atom stereocenters. The summed E-state index contributed by atoms with van der Waals surface area (Å²) in [7, 11) is 1.77. The maximum absolute atomic E-state index is 14.5. The summed E-state index contributed by atoms with van der Waals surface area (Å²) in [6.45, 7) is 0.0281. The number of rotatable bonds is 3. The number of halogens is 3. The largest absolute Gasteiger partial charge is 0.330 e. The monoisotopic (exact) mass is 357 g/mol. The standard InChI is InChI=1S/C19H14F3N3O/c1-24-8-14(7-23-24)11-2-3-12(16(21)5-11)9-25-10-13-4-15(20)6-17(22)18(13)19(25)26/h2-8H,9-10H2,1H3. The predicted octanol–water partition coefficient (Wildman–Crippen LogP) is 3.66. The van der Waals surface area contributed by atoms with Crippen molar-refractivity contribution in [2.45, 2.75) is 13.1 Å². The number of aromatic nitrogens is 2. The van der Waals surface area contributed by atoms with E-state index in [4.69, 9.17) is 0 Å². The molecule has 0 aliphatic carbocycles. The summed E-state index contributed by atoms with van der Waals surface area (Å²) >= 11 is 0. The second-order valence-corrected chi connectivity index (χ2v) is 6.29. The van der Waals surface area contributed by atoms with E-state index < -0.39 is 23.4 Å². The minimum Gasteiger partial charge on any atom is -0.330 e. The fraction of sp³-hybridized carbons (Fsp3) is 0.158. The Kier molecular flexibility index (Phi) is 3.79. The third kappa shape index (κ3) is 2.75. The minimum absolute atomic E-state index is 0.0201. The van der Waals surface area contributed by atoms with E-state index in [1.54, 1.807) is 36.3 Å². The van der Waals surface area contributed by atoms with Crippen molar-refractivity contribution in [1.29, 1.82) is 0 Å². The third-order valence-electron chi connectivity index (χ3n) is 4.45. The molecular formula is C19H14F3N3O. The highest BCUT2D eigenvalue weighted by Gasteiger charge is 2.31. The van der Waals surface area contributed by atoms with E-state index in [9.17, 15) is 18.0 Å². The summed E-state index contributed by atoms with van der Waals surface area (Å²) in [6, 6.07) is 6.52. The molecule has 7 heteroatoms. The lowest BCUT2D eigenvalue weighted by Gasteiger charge is -2.16. The number of fused-ring (bicyclic) bond motifs is 1. The van der Waals surface area contributed by atoms with E-state index in [2.05, 4.69) is 5.10 Å². The number of amides is 1. The van der Waals surface area contributed by atoms with Gasteiger partial charge in [0.2, 0.25) is 0 Å². The predicted molar refractivity (Wildman–Crippen MR) is 88.5 cm³/mol. The molecule has 4 nitrogen and oxygen atoms in total. The van der Waals surface area contributed by atoms with Crippen molar-refractivity contribution in [1.82, 2.24) is 14.7 Å². The lowest BCUT2D eigenvalue weighted by Crippen LogP contribution is -2.24. The molecule has 4 rings (SSSR count). The van der Waals surface area contributed by atoms with E-state index >= 15 is 0 Å². The maximum Gasteiger partial charge on any atom is 0.257 e. The molecule has 0 spiro atoms. The zero-order chi connectivity index (χ0) is 18.4. The van der Waals surface area contributed by atoms with Gasteiger partial charge < -0.3 is 4.90 Å². The molecule has 0 saturated carbocycles. The number of nitrogens with zero attached hydrogens (tertiary/aromatic N) is 3. The number of hydrogen-bond acceptors (Lipinski definition) is 2. The first-order valence-electron chi connectivity index (χ1n) is 7.97. The molecule has 0 saturated heterocycles. The molecule has 1 aliphatic rings. The van der Waals surface area contributed by atoms with Crippen LogP contribution in [0.4, 0.5) is 13.2 Å². The van der Waals surface area contributed by atoms with Crippen molar-refractivity contribution in [3.63, 3.8) is 0 Å². The zero-order valence-corrected chi connectivity index (χ0v) is 13.8. The van der Waals surface area contributed by atoms with Gasteiger partial charge in [0.05, 0.1) is 11.8 Å². The van der Waals surface area contributed by atoms with Gasteiger partial charge in [0.15, 0.2) is 0 Å². The Hall–Kier alpha value is -3.09. The Balaban J connectivity index is 1.59. The average Bonchev–Trinajstić information content (AvgIpc) is 3.13. The van der Waals surface area contributed by atoms with Gasteiger partial charge in [-0.3, -0.25) is 9.48 Å². The van der Waals surface area contributed by atoms with Crippen LogP contribution in [0.3, 0.4) is 0 Å². The van der Waals surface area contributed by atoms with Crippen LogP contribution in [0.25, 0.3) is 11.1 Å². The van der Waals surface area contributed by atoms with Crippen molar-refractivity contribution in [2.24, 2.45) is 7.05 Å². The van der Waals surface area contributed by atoms with E-state index in [-0.39, 0.29) is 24.2 Å². The molecule has 0 fully saturated rings. The smallest absolute Gasteiger partial charge is 0.257 e. The minimum atomic E-state index is -0.889. The van der Waals surface area contributed by atoms with Crippen LogP contribution < -0.4 is 0 Å². The summed E-state index contributed by atoms with van der Waals surface area (Å²) in [6.07, 6.45) is 3.40. The third-order valence-corrected chi connectivity index (χ3v) is 4.45. The topological polar surface area (TPSA) is 38.1 Å². The summed E-state index contributed by atoms with van der Waals surface area (Å²) in [5.74, 6) is -2.65. The SMILES string of the molecule is Cn1cc(-c2ccc(CN3Cc4cc(F)cc(F)c4C3=O)c(F)c2)cn1. The van der Waals surface area contributed by atoms with Gasteiger partial charge in [-0.2, -0.15) is 5.10 Å². The lowest BCUT2D eigenvalue weighted by molar-refractivity contribution is 0.0762. The van der Waals surface area contributed by atoms with Crippen LogP contribution in [0, 0.1) is 17.5 Å². The van der Waals surface area contributed by atoms with Crippen molar-refractivity contribution >= 4 is 5.91 Å². The molecule has 132 valence electrons. The Morgan fingerprint density at radius 2 is 1.88 bits per heavy atom. The molecular weight excluding hydrogens is 343 g/mol. The van der Waals surface area contributed by atoms with E-state index in [0.29, 0.717) is 17.2 Å². The molecule has 0 radical (unpaired) electrons. The number of hydrogen-bond donors (Lipinski definition) is 0. The van der Waals surface area contributed by atoms with Crippen LogP contribution >= 0.6 is 0 Å². The van der Waals surface area contributed by atoms with Gasteiger partial charge in [-0.25, -0.2) is 13.2 Å². The molecule has 0 N–H and O–H groups in total. The summed E-state index contributed by atoms with van der Waals surface area (Å²) in [5.41, 5.74) is 1.89. The average molecular weight is 357 g/mol. The molecule has 1 aromatic heterocycles. The highest BCUT2D eigenvalue weighted by atomic mass is 19.1. The van der Waals surface area contributed by atoms with Gasteiger partial charge in [-0.1, -0.05) is 12.1 Å². The molecule has 0 bridgehead atoms. The molecule has 1 amide bonds. The van der Waals surface area contributed by atoms with Gasteiger partial charge in [-0.05, 0) is 23.3 Å². The van der Waals surface area contributed by atoms with Gasteiger partial charge >= 0.3 is 0 Å². The first kappa shape index (κ1) is 16.4. The number of carbonyl (C=O) groups is 1. The van der Waals surface area contributed by atoms with Gasteiger partial charge in [0.25, 0.3) is 5.91 Å². The number of aryl methyl sites for hydroxylation is 1. The van der Waals surface area contributed by atoms with Crippen LogP contribution in [0.5, 0.6) is 0 Å². The van der Waals surface area contributed by atoms with E-state index in [1.165, 1.54) is 11.0 Å². The van der Waals surface area contributed by atoms with Gasteiger partial charge in [0, 0.05) is 43.5 Å². The Morgan fingerprint density at radius 1 is 1.08 bits per heavy atom. The first-order chi connectivity index (χ1) is 12.4. The summed E-state index contributed by atoms with van der Waals surface area (Å²) in [5, 5.41) is 4.05. The van der Waals surface area contributed by atoms with Crippen molar-refractivity contribution in [3.8, 4) is 11.1 Å². The van der Waals surface area contributed by atoms with Crippen molar-refractivity contribution in [2.75, 3.05) is 0 Å². The molecule has 2 aromatic carbocycles. The van der Waals surface area contributed by atoms with Crippen LogP contribution in [0.1, 0.15) is 21.5 Å². The first-order valence-corrected chi connectivity index (χ1v) is 7.97.